The van der Waals surface area contributed by atoms with Crippen LogP contribution in [0.15, 0.2) is 65.6 Å². The SMILES string of the molecule is CN1CCC(NC(=O)Nc2ccc(-c3nc(CS(=O)(=O)c4ccccc4)cc(N4CCOCC4)n3)cc2)CC1. The van der Waals surface area contributed by atoms with E-state index in [-0.39, 0.29) is 22.7 Å². The summed E-state index contributed by atoms with van der Waals surface area (Å²) in [5, 5.41) is 5.94. The van der Waals surface area contributed by atoms with Crippen molar-refractivity contribution in [2.45, 2.75) is 29.5 Å². The first-order valence-corrected chi connectivity index (χ1v) is 14.9. The molecule has 0 atom stereocenters. The van der Waals surface area contributed by atoms with Crippen LogP contribution in [0.1, 0.15) is 18.5 Å². The molecule has 39 heavy (non-hydrogen) atoms. The molecule has 2 aromatic carbocycles. The molecule has 0 aliphatic carbocycles. The number of benzene rings is 2. The van der Waals surface area contributed by atoms with Crippen LogP contribution in [0.3, 0.4) is 0 Å². The van der Waals surface area contributed by atoms with E-state index in [9.17, 15) is 13.2 Å². The average molecular weight is 551 g/mol. The van der Waals surface area contributed by atoms with E-state index in [1.165, 1.54) is 0 Å². The number of nitrogens with zero attached hydrogens (tertiary/aromatic N) is 4. The molecule has 0 radical (unpaired) electrons. The Balaban J connectivity index is 1.34. The number of carbonyl (C=O) groups is 1. The number of piperidine rings is 1. The smallest absolute Gasteiger partial charge is 0.319 e. The maximum Gasteiger partial charge on any atom is 0.319 e. The van der Waals surface area contributed by atoms with Gasteiger partial charge in [0.05, 0.1) is 29.6 Å². The van der Waals surface area contributed by atoms with Gasteiger partial charge < -0.3 is 25.2 Å². The van der Waals surface area contributed by atoms with Crippen molar-refractivity contribution in [2.75, 3.05) is 56.7 Å². The lowest BCUT2D eigenvalue weighted by Crippen LogP contribution is -2.44. The first-order chi connectivity index (χ1) is 18.9. The van der Waals surface area contributed by atoms with Crippen LogP contribution >= 0.6 is 0 Å². The zero-order valence-corrected chi connectivity index (χ0v) is 22.9. The highest BCUT2D eigenvalue weighted by atomic mass is 32.2. The highest BCUT2D eigenvalue weighted by Crippen LogP contribution is 2.25. The number of amides is 2. The van der Waals surface area contributed by atoms with Crippen molar-refractivity contribution in [3.05, 3.63) is 66.4 Å². The molecule has 0 spiro atoms. The summed E-state index contributed by atoms with van der Waals surface area (Å²) < 4.78 is 31.7. The number of anilines is 2. The van der Waals surface area contributed by atoms with Gasteiger partial charge >= 0.3 is 6.03 Å². The van der Waals surface area contributed by atoms with Crippen molar-refractivity contribution < 1.29 is 17.9 Å². The molecule has 2 aliphatic rings. The zero-order chi connectivity index (χ0) is 27.2. The Bertz CT molecular complexity index is 1370. The van der Waals surface area contributed by atoms with E-state index < -0.39 is 9.84 Å². The Labute approximate surface area is 229 Å². The minimum Gasteiger partial charge on any atom is -0.378 e. The Morgan fingerprint density at radius 3 is 2.36 bits per heavy atom. The molecule has 2 N–H and O–H groups in total. The first kappa shape index (κ1) is 27.0. The summed E-state index contributed by atoms with van der Waals surface area (Å²) in [6, 6.07) is 17.3. The molecule has 3 aromatic rings. The van der Waals surface area contributed by atoms with E-state index in [0.29, 0.717) is 49.3 Å². The molecule has 10 nitrogen and oxygen atoms in total. The largest absolute Gasteiger partial charge is 0.378 e. The fourth-order valence-corrected chi connectivity index (χ4v) is 6.03. The van der Waals surface area contributed by atoms with Crippen LogP contribution in [-0.2, 0) is 20.3 Å². The van der Waals surface area contributed by atoms with Crippen molar-refractivity contribution >= 4 is 27.4 Å². The molecular weight excluding hydrogens is 516 g/mol. The topological polar surface area (TPSA) is 117 Å². The minimum absolute atomic E-state index is 0.169. The van der Waals surface area contributed by atoms with Gasteiger partial charge in [0.15, 0.2) is 15.7 Å². The van der Waals surface area contributed by atoms with Gasteiger partial charge in [-0.2, -0.15) is 0 Å². The normalized spacial score (nSPS) is 17.1. The number of likely N-dealkylation sites (tertiary alicyclic amines) is 1. The maximum atomic E-state index is 13.1. The molecule has 5 rings (SSSR count). The van der Waals surface area contributed by atoms with Crippen molar-refractivity contribution in [2.24, 2.45) is 0 Å². The third-order valence-electron chi connectivity index (χ3n) is 7.00. The fraction of sp³-hybridized carbons (Fsp3) is 0.393. The van der Waals surface area contributed by atoms with Gasteiger partial charge in [-0.25, -0.2) is 23.2 Å². The maximum absolute atomic E-state index is 13.1. The predicted molar refractivity (Wildman–Crippen MR) is 151 cm³/mol. The van der Waals surface area contributed by atoms with Crippen molar-refractivity contribution in [3.63, 3.8) is 0 Å². The van der Waals surface area contributed by atoms with Gasteiger partial charge in [-0.1, -0.05) is 18.2 Å². The van der Waals surface area contributed by atoms with Crippen LogP contribution in [-0.4, -0.2) is 81.8 Å². The van der Waals surface area contributed by atoms with Crippen LogP contribution in [0.4, 0.5) is 16.3 Å². The second-order valence-corrected chi connectivity index (χ2v) is 12.0. The number of carbonyl (C=O) groups excluding carboxylic acids is 1. The molecule has 0 saturated carbocycles. The monoisotopic (exact) mass is 550 g/mol. The van der Waals surface area contributed by atoms with Gasteiger partial charge in [-0.05, 0) is 69.4 Å². The van der Waals surface area contributed by atoms with E-state index in [0.717, 1.165) is 31.5 Å². The number of morpholine rings is 1. The molecule has 2 aliphatic heterocycles. The molecule has 2 amide bonds. The first-order valence-electron chi connectivity index (χ1n) is 13.2. The van der Waals surface area contributed by atoms with Crippen LogP contribution in [0.2, 0.25) is 0 Å². The quantitative estimate of drug-likeness (QED) is 0.461. The van der Waals surface area contributed by atoms with Crippen molar-refractivity contribution in [3.8, 4) is 11.4 Å². The summed E-state index contributed by atoms with van der Waals surface area (Å²) in [5.41, 5.74) is 1.80. The lowest BCUT2D eigenvalue weighted by atomic mass is 10.1. The molecule has 1 aromatic heterocycles. The molecule has 3 heterocycles. The number of ether oxygens (including phenoxy) is 1. The number of aromatic nitrogens is 2. The minimum atomic E-state index is -3.59. The van der Waals surface area contributed by atoms with Crippen LogP contribution in [0.5, 0.6) is 0 Å². The molecule has 2 saturated heterocycles. The Morgan fingerprint density at radius 1 is 0.974 bits per heavy atom. The number of nitrogens with one attached hydrogen (secondary N) is 2. The fourth-order valence-electron chi connectivity index (χ4n) is 4.75. The number of sulfone groups is 1. The number of urea groups is 1. The lowest BCUT2D eigenvalue weighted by Gasteiger charge is -2.29. The van der Waals surface area contributed by atoms with E-state index in [2.05, 4.69) is 32.5 Å². The second-order valence-electron chi connectivity index (χ2n) is 9.97. The summed E-state index contributed by atoms with van der Waals surface area (Å²) >= 11 is 0. The van der Waals surface area contributed by atoms with Gasteiger partial charge in [-0.3, -0.25) is 0 Å². The van der Waals surface area contributed by atoms with E-state index in [1.54, 1.807) is 48.5 Å². The third-order valence-corrected chi connectivity index (χ3v) is 8.66. The summed E-state index contributed by atoms with van der Waals surface area (Å²) in [6.07, 6.45) is 1.87. The number of hydrogen-bond acceptors (Lipinski definition) is 8. The molecule has 11 heteroatoms. The second kappa shape index (κ2) is 12.1. The molecule has 0 bridgehead atoms. The Morgan fingerprint density at radius 2 is 1.67 bits per heavy atom. The summed E-state index contributed by atoms with van der Waals surface area (Å²) in [5.74, 6) is 0.863. The van der Waals surface area contributed by atoms with E-state index in [4.69, 9.17) is 9.72 Å². The van der Waals surface area contributed by atoms with Gasteiger partial charge in [-0.15, -0.1) is 0 Å². The third kappa shape index (κ3) is 7.11. The van der Waals surface area contributed by atoms with Gasteiger partial charge in [0, 0.05) is 36.4 Å². The van der Waals surface area contributed by atoms with E-state index in [1.807, 2.05) is 12.1 Å². The molecule has 206 valence electrons. The highest BCUT2D eigenvalue weighted by molar-refractivity contribution is 7.90. The van der Waals surface area contributed by atoms with Gasteiger partial charge in [0.1, 0.15) is 5.82 Å². The van der Waals surface area contributed by atoms with Crippen LogP contribution in [0.25, 0.3) is 11.4 Å². The number of rotatable bonds is 7. The van der Waals surface area contributed by atoms with Crippen molar-refractivity contribution in [1.29, 1.82) is 0 Å². The molecule has 0 unspecified atom stereocenters. The van der Waals surface area contributed by atoms with Crippen LogP contribution in [0, 0.1) is 0 Å². The summed E-state index contributed by atoms with van der Waals surface area (Å²) in [4.78, 5) is 26.5. The van der Waals surface area contributed by atoms with Crippen molar-refractivity contribution in [1.82, 2.24) is 20.2 Å². The highest BCUT2D eigenvalue weighted by Gasteiger charge is 2.21. The summed E-state index contributed by atoms with van der Waals surface area (Å²) in [7, 11) is -1.50. The lowest BCUT2D eigenvalue weighted by molar-refractivity contribution is 0.122. The number of hydrogen-bond donors (Lipinski definition) is 2. The molecule has 2 fully saturated rings. The predicted octanol–water partition coefficient (Wildman–Crippen LogP) is 3.17. The Hall–Kier alpha value is -3.54. The zero-order valence-electron chi connectivity index (χ0n) is 22.0. The van der Waals surface area contributed by atoms with Gasteiger partial charge in [0.25, 0.3) is 0 Å². The summed E-state index contributed by atoms with van der Waals surface area (Å²) in [6.45, 7) is 4.43. The van der Waals surface area contributed by atoms with Gasteiger partial charge in [0.2, 0.25) is 0 Å². The standard InChI is InChI=1S/C28H34N6O4S/c1-33-13-11-23(12-14-33)31-28(35)30-22-9-7-21(8-10-22)27-29-24(19-26(32-27)34-15-17-38-18-16-34)20-39(36,37)25-5-3-2-4-6-25/h2-10,19,23H,11-18,20H2,1H3,(H2,30,31,35). The average Bonchev–Trinajstić information content (AvgIpc) is 2.95. The van der Waals surface area contributed by atoms with Crippen LogP contribution < -0.4 is 15.5 Å². The molecular formula is C28H34N6O4S. The Kier molecular flexibility index (Phi) is 8.39. The van der Waals surface area contributed by atoms with E-state index >= 15 is 0 Å².